The Morgan fingerprint density at radius 1 is 1.20 bits per heavy atom. The number of hydrogen-bond donors (Lipinski definition) is 0. The van der Waals surface area contributed by atoms with Crippen LogP contribution in [0.5, 0.6) is 5.75 Å². The summed E-state index contributed by atoms with van der Waals surface area (Å²) in [7, 11) is 1.65. The minimum Gasteiger partial charge on any atom is -0.496 e. The average Bonchev–Trinajstić information content (AvgIpc) is 3.17. The second-order valence-electron chi connectivity index (χ2n) is 8.34. The third kappa shape index (κ3) is 4.04. The lowest BCUT2D eigenvalue weighted by molar-refractivity contribution is 0.0555. The van der Waals surface area contributed by atoms with Gasteiger partial charge in [0.25, 0.3) is 5.91 Å². The van der Waals surface area contributed by atoms with Crippen molar-refractivity contribution >= 4 is 17.1 Å². The quantitative estimate of drug-likeness (QED) is 0.597. The number of rotatable bonds is 6. The number of amides is 1. The molecule has 4 rings (SSSR count). The molecule has 1 amide bonds. The van der Waals surface area contributed by atoms with E-state index in [0.29, 0.717) is 18.2 Å². The largest absolute Gasteiger partial charge is 0.496 e. The molecule has 2 aromatic heterocycles. The summed E-state index contributed by atoms with van der Waals surface area (Å²) in [5, 5.41) is 0. The van der Waals surface area contributed by atoms with Gasteiger partial charge in [-0.05, 0) is 51.0 Å². The van der Waals surface area contributed by atoms with E-state index >= 15 is 0 Å². The van der Waals surface area contributed by atoms with E-state index in [1.54, 1.807) is 19.6 Å². The Bertz CT molecular complexity index is 1020. The highest BCUT2D eigenvalue weighted by Crippen LogP contribution is 2.28. The van der Waals surface area contributed by atoms with E-state index in [1.807, 2.05) is 34.9 Å². The van der Waals surface area contributed by atoms with E-state index in [4.69, 9.17) is 4.74 Å². The van der Waals surface area contributed by atoms with Gasteiger partial charge in [-0.15, -0.1) is 0 Å². The van der Waals surface area contributed by atoms with E-state index in [-0.39, 0.29) is 11.9 Å². The third-order valence-corrected chi connectivity index (χ3v) is 6.03. The molecule has 6 nitrogen and oxygen atoms in total. The summed E-state index contributed by atoms with van der Waals surface area (Å²) < 4.78 is 7.71. The summed E-state index contributed by atoms with van der Waals surface area (Å²) in [6.07, 6.45) is 9.42. The zero-order chi connectivity index (χ0) is 21.1. The van der Waals surface area contributed by atoms with Gasteiger partial charge in [0.05, 0.1) is 25.5 Å². The summed E-state index contributed by atoms with van der Waals surface area (Å²) in [5.41, 5.74) is 3.39. The van der Waals surface area contributed by atoms with Crippen LogP contribution in [0.15, 0.2) is 42.9 Å². The summed E-state index contributed by atoms with van der Waals surface area (Å²) in [4.78, 5) is 24.1. The minimum atomic E-state index is 0.0963. The molecule has 0 saturated heterocycles. The number of hydrogen-bond acceptors (Lipinski definition) is 4. The molecule has 1 aliphatic carbocycles. The molecule has 0 spiro atoms. The fraction of sp³-hybridized carbons (Fsp3) is 0.458. The van der Waals surface area contributed by atoms with Gasteiger partial charge < -0.3 is 14.2 Å². The first-order chi connectivity index (χ1) is 14.6. The summed E-state index contributed by atoms with van der Waals surface area (Å²) in [6.45, 7) is 4.82. The highest BCUT2D eigenvalue weighted by atomic mass is 16.5. The average molecular weight is 407 g/mol. The van der Waals surface area contributed by atoms with Crippen LogP contribution in [-0.4, -0.2) is 44.5 Å². The normalized spacial score (nSPS) is 14.9. The Hall–Kier alpha value is -2.89. The molecule has 1 aromatic carbocycles. The number of fused-ring (bicyclic) bond motifs is 1. The monoisotopic (exact) mass is 406 g/mol. The van der Waals surface area contributed by atoms with Gasteiger partial charge in [0.2, 0.25) is 0 Å². The zero-order valence-electron chi connectivity index (χ0n) is 18.0. The van der Waals surface area contributed by atoms with Crippen molar-refractivity contribution in [1.29, 1.82) is 0 Å². The molecule has 0 radical (unpaired) electrons. The predicted molar refractivity (Wildman–Crippen MR) is 118 cm³/mol. The molecular weight excluding hydrogens is 376 g/mol. The first-order valence-electron chi connectivity index (χ1n) is 10.8. The van der Waals surface area contributed by atoms with Gasteiger partial charge >= 0.3 is 0 Å². The Morgan fingerprint density at radius 2 is 2.00 bits per heavy atom. The van der Waals surface area contributed by atoms with Crippen molar-refractivity contribution in [3.63, 3.8) is 0 Å². The maximum Gasteiger partial charge on any atom is 0.254 e. The van der Waals surface area contributed by atoms with Gasteiger partial charge in [-0.25, -0.2) is 9.97 Å². The van der Waals surface area contributed by atoms with Gasteiger partial charge in [-0.2, -0.15) is 0 Å². The fourth-order valence-electron chi connectivity index (χ4n) is 4.55. The van der Waals surface area contributed by atoms with Gasteiger partial charge in [0.1, 0.15) is 5.75 Å². The molecule has 0 N–H and O–H groups in total. The maximum atomic E-state index is 13.4. The molecule has 6 heteroatoms. The van der Waals surface area contributed by atoms with Crippen LogP contribution < -0.4 is 4.74 Å². The van der Waals surface area contributed by atoms with Gasteiger partial charge in [-0.3, -0.25) is 4.79 Å². The van der Waals surface area contributed by atoms with Crippen LogP contribution in [0.4, 0.5) is 0 Å². The molecule has 1 aliphatic rings. The van der Waals surface area contributed by atoms with Crippen LogP contribution in [0.1, 0.15) is 61.9 Å². The number of benzene rings is 1. The fourth-order valence-corrected chi connectivity index (χ4v) is 4.55. The molecule has 1 fully saturated rings. The van der Waals surface area contributed by atoms with Crippen molar-refractivity contribution < 1.29 is 9.53 Å². The number of ether oxygens (including phenoxy) is 1. The first kappa shape index (κ1) is 20.4. The molecule has 2 heterocycles. The summed E-state index contributed by atoms with van der Waals surface area (Å²) in [5.74, 6) is 0.818. The molecular formula is C24H30N4O2. The number of pyridine rings is 1. The molecule has 1 saturated carbocycles. The Labute approximate surface area is 177 Å². The highest BCUT2D eigenvalue weighted by Gasteiger charge is 2.28. The van der Waals surface area contributed by atoms with Crippen LogP contribution in [0.25, 0.3) is 11.2 Å². The van der Waals surface area contributed by atoms with Gasteiger partial charge in [-0.1, -0.05) is 25.3 Å². The molecule has 0 bridgehead atoms. The van der Waals surface area contributed by atoms with Crippen molar-refractivity contribution in [2.75, 3.05) is 7.11 Å². The lowest BCUT2D eigenvalue weighted by Gasteiger charge is -2.37. The summed E-state index contributed by atoms with van der Waals surface area (Å²) >= 11 is 0. The van der Waals surface area contributed by atoms with Crippen molar-refractivity contribution in [2.45, 2.75) is 64.6 Å². The SMILES string of the molecule is COc1cc(C(=O)N(C(C)C)C2CCCCC2)ccc1Cn1cnc2ncccc21. The molecule has 0 atom stereocenters. The van der Waals surface area contributed by atoms with Gasteiger partial charge in [0, 0.05) is 29.4 Å². The second kappa shape index (κ2) is 8.86. The number of carbonyl (C=O) groups excluding carboxylic acids is 1. The van der Waals surface area contributed by atoms with Crippen molar-refractivity contribution in [3.05, 3.63) is 54.0 Å². The zero-order valence-corrected chi connectivity index (χ0v) is 18.0. The second-order valence-corrected chi connectivity index (χ2v) is 8.34. The molecule has 0 unspecified atom stereocenters. The van der Waals surface area contributed by atoms with E-state index in [2.05, 4.69) is 28.7 Å². The minimum absolute atomic E-state index is 0.0963. The van der Waals surface area contributed by atoms with E-state index in [9.17, 15) is 4.79 Å². The standard InChI is InChI=1S/C24H30N4O2/c1-17(2)28(20-8-5-4-6-9-20)24(29)18-11-12-19(22(14-18)30-3)15-27-16-26-23-21(27)10-7-13-25-23/h7,10-14,16-17,20H,4-6,8-9,15H2,1-3H3. The Morgan fingerprint density at radius 3 is 2.73 bits per heavy atom. The smallest absolute Gasteiger partial charge is 0.254 e. The van der Waals surface area contributed by atoms with E-state index in [1.165, 1.54) is 19.3 Å². The maximum absolute atomic E-state index is 13.4. The van der Waals surface area contributed by atoms with E-state index in [0.717, 1.165) is 35.3 Å². The predicted octanol–water partition coefficient (Wildman–Crippen LogP) is 4.67. The number of aromatic nitrogens is 3. The lowest BCUT2D eigenvalue weighted by atomic mass is 9.92. The lowest BCUT2D eigenvalue weighted by Crippen LogP contribution is -2.45. The van der Waals surface area contributed by atoms with Gasteiger partial charge in [0.15, 0.2) is 5.65 Å². The third-order valence-electron chi connectivity index (χ3n) is 6.03. The molecule has 158 valence electrons. The number of methoxy groups -OCH3 is 1. The van der Waals surface area contributed by atoms with Crippen LogP contribution in [-0.2, 0) is 6.54 Å². The van der Waals surface area contributed by atoms with Crippen molar-refractivity contribution in [1.82, 2.24) is 19.4 Å². The summed E-state index contributed by atoms with van der Waals surface area (Å²) in [6, 6.07) is 10.2. The Kier molecular flexibility index (Phi) is 6.02. The van der Waals surface area contributed by atoms with Crippen LogP contribution in [0.3, 0.4) is 0 Å². The number of nitrogens with zero attached hydrogens (tertiary/aromatic N) is 4. The number of imidazole rings is 1. The van der Waals surface area contributed by atoms with Crippen molar-refractivity contribution in [3.8, 4) is 5.75 Å². The van der Waals surface area contributed by atoms with Crippen molar-refractivity contribution in [2.24, 2.45) is 0 Å². The Balaban J connectivity index is 1.60. The highest BCUT2D eigenvalue weighted by molar-refractivity contribution is 5.95. The van der Waals surface area contributed by atoms with E-state index < -0.39 is 0 Å². The van der Waals surface area contributed by atoms with Crippen LogP contribution >= 0.6 is 0 Å². The number of carbonyl (C=O) groups is 1. The van der Waals surface area contributed by atoms with Crippen LogP contribution in [0.2, 0.25) is 0 Å². The molecule has 3 aromatic rings. The van der Waals surface area contributed by atoms with Crippen LogP contribution in [0, 0.1) is 0 Å². The topological polar surface area (TPSA) is 60.2 Å². The first-order valence-corrected chi connectivity index (χ1v) is 10.8. The molecule has 0 aliphatic heterocycles. The molecule has 30 heavy (non-hydrogen) atoms.